The third kappa shape index (κ3) is 5.81. The van der Waals surface area contributed by atoms with Crippen LogP contribution in [0.15, 0.2) is 52.3 Å². The van der Waals surface area contributed by atoms with Crippen LogP contribution in [0.1, 0.15) is 26.3 Å². The zero-order chi connectivity index (χ0) is 21.0. The molecule has 1 amide bonds. The highest BCUT2D eigenvalue weighted by Crippen LogP contribution is 2.37. The molecule has 0 spiro atoms. The van der Waals surface area contributed by atoms with Crippen LogP contribution >= 0.6 is 23.4 Å². The van der Waals surface area contributed by atoms with Gasteiger partial charge >= 0.3 is 6.09 Å². The Labute approximate surface area is 181 Å². The topological polar surface area (TPSA) is 56.6 Å². The number of carbonyl (C=O) groups is 1. The van der Waals surface area contributed by atoms with E-state index >= 15 is 0 Å². The number of carbonyl (C=O) groups excluding carboxylic acids is 1. The number of piperazine rings is 1. The van der Waals surface area contributed by atoms with Crippen LogP contribution in [0.3, 0.4) is 0 Å². The summed E-state index contributed by atoms with van der Waals surface area (Å²) >= 11 is 7.60. The molecule has 0 bridgehead atoms. The Hall–Kier alpha value is -2.36. The van der Waals surface area contributed by atoms with Gasteiger partial charge in [0.25, 0.3) is 0 Å². The van der Waals surface area contributed by atoms with E-state index in [1.54, 1.807) is 16.7 Å². The Balaban J connectivity index is 1.74. The molecule has 29 heavy (non-hydrogen) atoms. The first kappa shape index (κ1) is 21.4. The summed E-state index contributed by atoms with van der Waals surface area (Å²) < 4.78 is 5.48. The van der Waals surface area contributed by atoms with Gasteiger partial charge in [-0.15, -0.1) is 0 Å². The largest absolute Gasteiger partial charge is 0.444 e. The summed E-state index contributed by atoms with van der Waals surface area (Å²) in [7, 11) is 0. The van der Waals surface area contributed by atoms with Crippen molar-refractivity contribution in [2.75, 3.05) is 31.1 Å². The van der Waals surface area contributed by atoms with Gasteiger partial charge in [-0.05, 0) is 63.2 Å². The second-order valence-corrected chi connectivity index (χ2v) is 9.36. The molecule has 0 radical (unpaired) electrons. The van der Waals surface area contributed by atoms with Gasteiger partial charge in [-0.2, -0.15) is 5.26 Å². The highest BCUT2D eigenvalue weighted by atomic mass is 35.5. The molecule has 0 atom stereocenters. The van der Waals surface area contributed by atoms with Crippen LogP contribution < -0.4 is 4.90 Å². The fraction of sp³-hybridized carbons (Fsp3) is 0.364. The van der Waals surface area contributed by atoms with E-state index in [9.17, 15) is 10.1 Å². The summed E-state index contributed by atoms with van der Waals surface area (Å²) in [6.07, 6.45) is -0.271. The lowest BCUT2D eigenvalue weighted by atomic mass is 10.2. The smallest absolute Gasteiger partial charge is 0.410 e. The van der Waals surface area contributed by atoms with E-state index in [4.69, 9.17) is 16.3 Å². The minimum absolute atomic E-state index is 0.271. The third-order valence-corrected chi connectivity index (χ3v) is 5.71. The van der Waals surface area contributed by atoms with Gasteiger partial charge in [-0.25, -0.2) is 4.79 Å². The maximum Gasteiger partial charge on any atom is 0.410 e. The van der Waals surface area contributed by atoms with Crippen molar-refractivity contribution in [3.05, 3.63) is 53.1 Å². The summed E-state index contributed by atoms with van der Waals surface area (Å²) in [5.74, 6) is 0. The Bertz CT molecular complexity index is 911. The fourth-order valence-corrected chi connectivity index (χ4v) is 4.15. The average Bonchev–Trinajstić information content (AvgIpc) is 2.68. The standard InChI is InChI=1S/C22H24ClN3O2S/c1-22(2,3)28-21(27)26-12-10-25(11-13-26)19-9-4-16(15-24)14-20(19)29-18-7-5-17(23)6-8-18/h4-9,14H,10-13H2,1-3H3. The van der Waals surface area contributed by atoms with Crippen LogP contribution in [-0.2, 0) is 4.74 Å². The third-order valence-electron chi connectivity index (χ3n) is 4.40. The molecule has 0 N–H and O–H groups in total. The van der Waals surface area contributed by atoms with Crippen LogP contribution in [-0.4, -0.2) is 42.8 Å². The van der Waals surface area contributed by atoms with E-state index in [1.165, 1.54) is 0 Å². The minimum Gasteiger partial charge on any atom is -0.444 e. The second kappa shape index (κ2) is 8.98. The number of nitriles is 1. The summed E-state index contributed by atoms with van der Waals surface area (Å²) in [6.45, 7) is 8.23. The van der Waals surface area contributed by atoms with Gasteiger partial charge in [0.1, 0.15) is 5.60 Å². The van der Waals surface area contributed by atoms with E-state index in [1.807, 2.05) is 63.2 Å². The number of nitrogens with zero attached hydrogens (tertiary/aromatic N) is 3. The molecule has 1 fully saturated rings. The Morgan fingerprint density at radius 1 is 1.10 bits per heavy atom. The van der Waals surface area contributed by atoms with Gasteiger partial charge in [0, 0.05) is 41.0 Å². The predicted molar refractivity (Wildman–Crippen MR) is 117 cm³/mol. The molecule has 2 aromatic rings. The monoisotopic (exact) mass is 429 g/mol. The molecule has 5 nitrogen and oxygen atoms in total. The first-order valence-electron chi connectivity index (χ1n) is 9.45. The van der Waals surface area contributed by atoms with Gasteiger partial charge in [-0.3, -0.25) is 0 Å². The van der Waals surface area contributed by atoms with E-state index in [2.05, 4.69) is 11.0 Å². The molecular formula is C22H24ClN3O2S. The molecule has 1 saturated heterocycles. The highest BCUT2D eigenvalue weighted by molar-refractivity contribution is 7.99. The van der Waals surface area contributed by atoms with Crippen molar-refractivity contribution >= 4 is 35.1 Å². The van der Waals surface area contributed by atoms with Gasteiger partial charge in [0.05, 0.1) is 17.3 Å². The number of halogens is 1. The summed E-state index contributed by atoms with van der Waals surface area (Å²) in [6, 6.07) is 15.6. The summed E-state index contributed by atoms with van der Waals surface area (Å²) in [5, 5.41) is 10.00. The molecule has 0 aromatic heterocycles. The van der Waals surface area contributed by atoms with Crippen molar-refractivity contribution < 1.29 is 9.53 Å². The van der Waals surface area contributed by atoms with Gasteiger partial charge in [0.2, 0.25) is 0 Å². The van der Waals surface area contributed by atoms with Crippen molar-refractivity contribution in [2.45, 2.75) is 36.2 Å². The maximum absolute atomic E-state index is 12.3. The van der Waals surface area contributed by atoms with E-state index in [0.29, 0.717) is 36.8 Å². The maximum atomic E-state index is 12.3. The Morgan fingerprint density at radius 2 is 1.76 bits per heavy atom. The molecular weight excluding hydrogens is 406 g/mol. The van der Waals surface area contributed by atoms with Crippen molar-refractivity contribution in [1.29, 1.82) is 5.26 Å². The zero-order valence-electron chi connectivity index (χ0n) is 16.8. The molecule has 152 valence electrons. The molecule has 2 aromatic carbocycles. The number of rotatable bonds is 3. The van der Waals surface area contributed by atoms with Crippen molar-refractivity contribution in [1.82, 2.24) is 4.90 Å². The van der Waals surface area contributed by atoms with Crippen molar-refractivity contribution in [3.63, 3.8) is 0 Å². The predicted octanol–water partition coefficient (Wildman–Crippen LogP) is 5.42. The van der Waals surface area contributed by atoms with E-state index < -0.39 is 5.60 Å². The molecule has 1 heterocycles. The zero-order valence-corrected chi connectivity index (χ0v) is 18.4. The number of amides is 1. The van der Waals surface area contributed by atoms with Gasteiger partial charge in [0.15, 0.2) is 0 Å². The summed E-state index contributed by atoms with van der Waals surface area (Å²) in [5.41, 5.74) is 1.19. The summed E-state index contributed by atoms with van der Waals surface area (Å²) in [4.78, 5) is 18.4. The number of benzene rings is 2. The van der Waals surface area contributed by atoms with Crippen LogP contribution in [0.5, 0.6) is 0 Å². The van der Waals surface area contributed by atoms with Crippen LogP contribution in [0.25, 0.3) is 0 Å². The van der Waals surface area contributed by atoms with Crippen LogP contribution in [0.4, 0.5) is 10.5 Å². The molecule has 0 saturated carbocycles. The van der Waals surface area contributed by atoms with Gasteiger partial charge < -0.3 is 14.5 Å². The van der Waals surface area contributed by atoms with Crippen molar-refractivity contribution in [3.8, 4) is 6.07 Å². The van der Waals surface area contributed by atoms with E-state index in [-0.39, 0.29) is 6.09 Å². The molecule has 1 aliphatic heterocycles. The lowest BCUT2D eigenvalue weighted by Crippen LogP contribution is -2.50. The number of hydrogen-bond acceptors (Lipinski definition) is 5. The van der Waals surface area contributed by atoms with Crippen molar-refractivity contribution in [2.24, 2.45) is 0 Å². The Morgan fingerprint density at radius 3 is 2.34 bits per heavy atom. The number of anilines is 1. The SMILES string of the molecule is CC(C)(C)OC(=O)N1CCN(c2ccc(C#N)cc2Sc2ccc(Cl)cc2)CC1. The molecule has 0 aliphatic carbocycles. The van der Waals surface area contributed by atoms with Crippen LogP contribution in [0, 0.1) is 11.3 Å². The fourth-order valence-electron chi connectivity index (χ4n) is 3.01. The van der Waals surface area contributed by atoms with Gasteiger partial charge in [-0.1, -0.05) is 23.4 Å². The lowest BCUT2D eigenvalue weighted by molar-refractivity contribution is 0.0240. The lowest BCUT2D eigenvalue weighted by Gasteiger charge is -2.37. The highest BCUT2D eigenvalue weighted by Gasteiger charge is 2.26. The normalized spacial score (nSPS) is 14.4. The average molecular weight is 430 g/mol. The molecule has 1 aliphatic rings. The first-order valence-corrected chi connectivity index (χ1v) is 10.6. The quantitative estimate of drug-likeness (QED) is 0.651. The molecule has 3 rings (SSSR count). The second-order valence-electron chi connectivity index (χ2n) is 7.80. The van der Waals surface area contributed by atoms with Crippen LogP contribution in [0.2, 0.25) is 5.02 Å². The first-order chi connectivity index (χ1) is 13.7. The Kier molecular flexibility index (Phi) is 6.61. The van der Waals surface area contributed by atoms with E-state index in [0.717, 1.165) is 15.5 Å². The number of ether oxygens (including phenoxy) is 1. The molecule has 7 heteroatoms. The molecule has 0 unspecified atom stereocenters. The minimum atomic E-state index is -0.496. The number of hydrogen-bond donors (Lipinski definition) is 0.